The van der Waals surface area contributed by atoms with Crippen molar-refractivity contribution >= 4 is 17.5 Å². The van der Waals surface area contributed by atoms with Crippen LogP contribution in [0.25, 0.3) is 11.3 Å². The number of fused-ring (bicyclic) bond motifs is 1. The van der Waals surface area contributed by atoms with E-state index < -0.39 is 0 Å². The topological polar surface area (TPSA) is 87.9 Å². The molecule has 7 heteroatoms. The first-order chi connectivity index (χ1) is 13.6. The van der Waals surface area contributed by atoms with Crippen LogP contribution in [0.2, 0.25) is 5.02 Å². The minimum atomic E-state index is -0.304. The highest BCUT2D eigenvalue weighted by molar-refractivity contribution is 6.31. The van der Waals surface area contributed by atoms with Crippen LogP contribution in [0.3, 0.4) is 0 Å². The quantitative estimate of drug-likeness (QED) is 0.692. The van der Waals surface area contributed by atoms with Gasteiger partial charge in [-0.15, -0.1) is 0 Å². The molecule has 0 spiro atoms. The Bertz CT molecular complexity index is 1000. The summed E-state index contributed by atoms with van der Waals surface area (Å²) in [6.45, 7) is 3.42. The first-order valence-corrected chi connectivity index (χ1v) is 9.67. The summed E-state index contributed by atoms with van der Waals surface area (Å²) in [5, 5.41) is 8.17. The number of nitrogens with one attached hydrogen (secondary N) is 1. The van der Waals surface area contributed by atoms with Crippen molar-refractivity contribution < 1.29 is 4.79 Å². The van der Waals surface area contributed by atoms with Crippen LogP contribution in [0.4, 0.5) is 0 Å². The fourth-order valence-corrected chi connectivity index (χ4v) is 3.87. The molecule has 1 atom stereocenters. The number of carbonyl (C=O) groups is 1. The molecular formula is C21H22ClN5O. The highest BCUT2D eigenvalue weighted by Crippen LogP contribution is 2.33. The molecule has 1 amide bonds. The molecule has 144 valence electrons. The highest BCUT2D eigenvalue weighted by Gasteiger charge is 2.33. The standard InChI is InChI=1S/C21H22ClN5O/c1-13-4-5-14(9-18(13)22)16(6-7-23)21(28)27-11-17-19(12-27)25-26-20(17)15-3-2-8-24-10-15/h2-5,8-10,16H,6-7,11-12,23H2,1H3,(H,25,26). The molecule has 1 aromatic carbocycles. The van der Waals surface area contributed by atoms with Crippen LogP contribution in [0, 0.1) is 6.92 Å². The first-order valence-electron chi connectivity index (χ1n) is 9.30. The largest absolute Gasteiger partial charge is 0.332 e. The number of halogens is 1. The number of pyridine rings is 1. The van der Waals surface area contributed by atoms with Crippen molar-refractivity contribution in [2.75, 3.05) is 6.54 Å². The summed E-state index contributed by atoms with van der Waals surface area (Å²) in [7, 11) is 0. The lowest BCUT2D eigenvalue weighted by atomic mass is 9.93. The Hall–Kier alpha value is -2.70. The van der Waals surface area contributed by atoms with Gasteiger partial charge in [0.05, 0.1) is 30.4 Å². The lowest BCUT2D eigenvalue weighted by Gasteiger charge is -2.24. The van der Waals surface area contributed by atoms with E-state index in [1.807, 2.05) is 42.2 Å². The van der Waals surface area contributed by atoms with Gasteiger partial charge in [0.2, 0.25) is 5.91 Å². The Kier molecular flexibility index (Phi) is 5.15. The van der Waals surface area contributed by atoms with E-state index >= 15 is 0 Å². The average molecular weight is 396 g/mol. The Morgan fingerprint density at radius 3 is 2.93 bits per heavy atom. The lowest BCUT2D eigenvalue weighted by molar-refractivity contribution is -0.133. The van der Waals surface area contributed by atoms with Crippen LogP contribution < -0.4 is 5.73 Å². The van der Waals surface area contributed by atoms with Crippen molar-refractivity contribution in [3.8, 4) is 11.3 Å². The first kappa shape index (κ1) is 18.7. The van der Waals surface area contributed by atoms with Gasteiger partial charge in [0.1, 0.15) is 0 Å². The van der Waals surface area contributed by atoms with Gasteiger partial charge in [0.25, 0.3) is 0 Å². The van der Waals surface area contributed by atoms with Crippen molar-refractivity contribution in [3.05, 3.63) is 70.1 Å². The van der Waals surface area contributed by atoms with E-state index in [0.29, 0.717) is 31.1 Å². The second-order valence-electron chi connectivity index (χ2n) is 7.10. The summed E-state index contributed by atoms with van der Waals surface area (Å²) in [4.78, 5) is 19.4. The van der Waals surface area contributed by atoms with Crippen LogP contribution in [0.1, 0.15) is 34.7 Å². The zero-order valence-corrected chi connectivity index (χ0v) is 16.4. The molecule has 0 bridgehead atoms. The number of hydrogen-bond acceptors (Lipinski definition) is 4. The van der Waals surface area contributed by atoms with Crippen molar-refractivity contribution in [2.45, 2.75) is 32.4 Å². The second-order valence-corrected chi connectivity index (χ2v) is 7.51. The molecule has 0 radical (unpaired) electrons. The van der Waals surface area contributed by atoms with Crippen molar-refractivity contribution in [3.63, 3.8) is 0 Å². The Morgan fingerprint density at radius 1 is 1.36 bits per heavy atom. The average Bonchev–Trinajstić information content (AvgIpc) is 3.29. The zero-order valence-electron chi connectivity index (χ0n) is 15.7. The van der Waals surface area contributed by atoms with Gasteiger partial charge in [0, 0.05) is 28.5 Å². The number of nitrogens with two attached hydrogens (primary N) is 1. The maximum absolute atomic E-state index is 13.3. The molecule has 3 aromatic rings. The molecule has 4 rings (SSSR count). The van der Waals surface area contributed by atoms with Crippen molar-refractivity contribution in [2.24, 2.45) is 5.73 Å². The Balaban J connectivity index is 1.59. The molecule has 1 unspecified atom stereocenters. The van der Waals surface area contributed by atoms with E-state index in [1.54, 1.807) is 12.4 Å². The van der Waals surface area contributed by atoms with Crippen LogP contribution in [0.15, 0.2) is 42.7 Å². The molecule has 0 aliphatic carbocycles. The predicted octanol–water partition coefficient (Wildman–Crippen LogP) is 3.41. The normalized spacial score (nSPS) is 14.2. The Labute approximate surface area is 168 Å². The summed E-state index contributed by atoms with van der Waals surface area (Å²) >= 11 is 6.29. The Morgan fingerprint density at radius 2 is 2.21 bits per heavy atom. The number of aromatic amines is 1. The summed E-state index contributed by atoms with van der Waals surface area (Å²) in [6.07, 6.45) is 4.10. The fraction of sp³-hybridized carbons (Fsp3) is 0.286. The molecule has 3 N–H and O–H groups in total. The summed E-state index contributed by atoms with van der Waals surface area (Å²) in [6, 6.07) is 9.65. The van der Waals surface area contributed by atoms with Crippen molar-refractivity contribution in [1.29, 1.82) is 0 Å². The van der Waals surface area contributed by atoms with Gasteiger partial charge in [-0.3, -0.25) is 14.9 Å². The van der Waals surface area contributed by atoms with E-state index in [-0.39, 0.29) is 11.8 Å². The lowest BCUT2D eigenvalue weighted by Crippen LogP contribution is -2.32. The highest BCUT2D eigenvalue weighted by atomic mass is 35.5. The van der Waals surface area contributed by atoms with Crippen LogP contribution in [-0.2, 0) is 17.9 Å². The van der Waals surface area contributed by atoms with Gasteiger partial charge < -0.3 is 10.6 Å². The molecule has 3 heterocycles. The SMILES string of the molecule is Cc1ccc(C(CCN)C(=O)N2Cc3[nH]nc(-c4cccnc4)c3C2)cc1Cl. The zero-order chi connectivity index (χ0) is 19.7. The van der Waals surface area contributed by atoms with E-state index in [2.05, 4.69) is 15.2 Å². The molecule has 28 heavy (non-hydrogen) atoms. The summed E-state index contributed by atoms with van der Waals surface area (Å²) in [5.41, 5.74) is 11.5. The number of rotatable bonds is 5. The van der Waals surface area contributed by atoms with Crippen molar-refractivity contribution in [1.82, 2.24) is 20.1 Å². The maximum atomic E-state index is 13.3. The van der Waals surface area contributed by atoms with Crippen LogP contribution >= 0.6 is 11.6 Å². The third-order valence-corrected chi connectivity index (χ3v) is 5.66. The van der Waals surface area contributed by atoms with Crippen LogP contribution in [0.5, 0.6) is 0 Å². The monoisotopic (exact) mass is 395 g/mol. The number of amides is 1. The molecule has 0 fully saturated rings. The molecule has 0 saturated heterocycles. The third kappa shape index (κ3) is 3.41. The van der Waals surface area contributed by atoms with Gasteiger partial charge in [0.15, 0.2) is 0 Å². The predicted molar refractivity (Wildman–Crippen MR) is 109 cm³/mol. The molecule has 1 aliphatic rings. The number of aryl methyl sites for hydroxylation is 1. The molecule has 1 aliphatic heterocycles. The van der Waals surface area contributed by atoms with Gasteiger partial charge in [-0.25, -0.2) is 0 Å². The number of benzene rings is 1. The van der Waals surface area contributed by atoms with E-state index in [4.69, 9.17) is 17.3 Å². The number of aromatic nitrogens is 3. The van der Waals surface area contributed by atoms with Crippen LogP contribution in [-0.4, -0.2) is 32.5 Å². The number of nitrogens with zero attached hydrogens (tertiary/aromatic N) is 3. The van der Waals surface area contributed by atoms with E-state index in [0.717, 1.165) is 33.6 Å². The fourth-order valence-electron chi connectivity index (χ4n) is 3.68. The van der Waals surface area contributed by atoms with E-state index in [1.165, 1.54) is 0 Å². The molecule has 6 nitrogen and oxygen atoms in total. The minimum Gasteiger partial charge on any atom is -0.332 e. The summed E-state index contributed by atoms with van der Waals surface area (Å²) in [5.74, 6) is -0.242. The van der Waals surface area contributed by atoms with Gasteiger partial charge in [-0.05, 0) is 49.2 Å². The number of carbonyl (C=O) groups excluding carboxylic acids is 1. The minimum absolute atomic E-state index is 0.0621. The molecular weight excluding hydrogens is 374 g/mol. The number of H-pyrrole nitrogens is 1. The molecule has 0 saturated carbocycles. The molecule has 2 aromatic heterocycles. The van der Waals surface area contributed by atoms with Gasteiger partial charge >= 0.3 is 0 Å². The maximum Gasteiger partial charge on any atom is 0.230 e. The smallest absolute Gasteiger partial charge is 0.230 e. The van der Waals surface area contributed by atoms with Gasteiger partial charge in [-0.2, -0.15) is 5.10 Å². The van der Waals surface area contributed by atoms with Gasteiger partial charge in [-0.1, -0.05) is 23.7 Å². The summed E-state index contributed by atoms with van der Waals surface area (Å²) < 4.78 is 0. The van der Waals surface area contributed by atoms with E-state index in [9.17, 15) is 4.79 Å². The second kappa shape index (κ2) is 7.73. The number of hydrogen-bond donors (Lipinski definition) is 2. The third-order valence-electron chi connectivity index (χ3n) is 5.25.